The highest BCUT2D eigenvalue weighted by Gasteiger charge is 2.16. The Morgan fingerprint density at radius 2 is 1.79 bits per heavy atom. The van der Waals surface area contributed by atoms with E-state index in [0.717, 1.165) is 5.75 Å². The monoisotopic (exact) mass is 322 g/mol. The van der Waals surface area contributed by atoms with Crippen LogP contribution in [0.4, 0.5) is 5.69 Å². The number of pyridine rings is 1. The summed E-state index contributed by atoms with van der Waals surface area (Å²) in [6.45, 7) is 1.72. The van der Waals surface area contributed by atoms with Gasteiger partial charge in [0.25, 0.3) is 5.56 Å². The molecule has 0 aliphatic carbocycles. The number of hydrogen-bond acceptors (Lipinski definition) is 4. The van der Waals surface area contributed by atoms with E-state index in [1.54, 1.807) is 57.5 Å². The number of para-hydroxylation sites is 1. The van der Waals surface area contributed by atoms with E-state index < -0.39 is 0 Å². The van der Waals surface area contributed by atoms with Gasteiger partial charge in [0.2, 0.25) is 0 Å². The molecule has 0 unspecified atom stereocenters. The Bertz CT molecular complexity index is 986. The van der Waals surface area contributed by atoms with E-state index >= 15 is 0 Å². The van der Waals surface area contributed by atoms with E-state index in [4.69, 9.17) is 4.74 Å². The molecule has 0 spiro atoms. The van der Waals surface area contributed by atoms with Crippen LogP contribution in [0.3, 0.4) is 0 Å². The molecule has 3 rings (SSSR count). The number of ether oxygens (including phenoxy) is 1. The Labute approximate surface area is 139 Å². The van der Waals surface area contributed by atoms with Crippen LogP contribution in [0.1, 0.15) is 12.5 Å². The Balaban J connectivity index is 2.17. The first-order valence-corrected chi connectivity index (χ1v) is 7.53. The fourth-order valence-corrected chi connectivity index (χ4v) is 2.71. The van der Waals surface area contributed by atoms with Crippen molar-refractivity contribution in [1.29, 1.82) is 0 Å². The number of aryl methyl sites for hydroxylation is 1. The lowest BCUT2D eigenvalue weighted by atomic mass is 10.1. The van der Waals surface area contributed by atoms with Crippen molar-refractivity contribution in [2.24, 2.45) is 12.0 Å². The molecule has 0 aliphatic rings. The van der Waals surface area contributed by atoms with Crippen LogP contribution in [0.15, 0.2) is 58.3 Å². The molecule has 0 saturated heterocycles. The van der Waals surface area contributed by atoms with Gasteiger partial charge in [0.05, 0.1) is 24.0 Å². The van der Waals surface area contributed by atoms with Gasteiger partial charge in [-0.25, -0.2) is 0 Å². The molecule has 5 heteroatoms. The second kappa shape index (κ2) is 6.20. The fourth-order valence-electron chi connectivity index (χ4n) is 2.71. The number of aliphatic imine (C=N–C) groups is 1. The topological polar surface area (TPSA) is 63.8 Å². The molecule has 0 fully saturated rings. The molecule has 0 saturated carbocycles. The summed E-state index contributed by atoms with van der Waals surface area (Å²) >= 11 is 0. The van der Waals surface area contributed by atoms with E-state index in [1.807, 2.05) is 12.1 Å². The normalized spacial score (nSPS) is 11.7. The van der Waals surface area contributed by atoms with Crippen LogP contribution in [-0.2, 0) is 7.05 Å². The Kier molecular flexibility index (Phi) is 4.08. The Hall–Kier alpha value is -3.08. The van der Waals surface area contributed by atoms with Crippen LogP contribution in [0, 0.1) is 0 Å². The van der Waals surface area contributed by atoms with Crippen molar-refractivity contribution in [3.8, 4) is 11.5 Å². The van der Waals surface area contributed by atoms with Gasteiger partial charge in [-0.15, -0.1) is 0 Å². The van der Waals surface area contributed by atoms with Gasteiger partial charge in [-0.1, -0.05) is 12.1 Å². The first-order valence-electron chi connectivity index (χ1n) is 7.53. The molecule has 0 amide bonds. The van der Waals surface area contributed by atoms with Gasteiger partial charge in [0, 0.05) is 12.4 Å². The largest absolute Gasteiger partial charge is 0.506 e. The van der Waals surface area contributed by atoms with Crippen LogP contribution in [0.2, 0.25) is 0 Å². The minimum Gasteiger partial charge on any atom is -0.506 e. The van der Waals surface area contributed by atoms with Crippen molar-refractivity contribution in [3.63, 3.8) is 0 Å². The molecule has 0 radical (unpaired) electrons. The summed E-state index contributed by atoms with van der Waals surface area (Å²) in [6.07, 6.45) is 0. The quantitative estimate of drug-likeness (QED) is 0.752. The number of fused-ring (bicyclic) bond motifs is 1. The van der Waals surface area contributed by atoms with Crippen molar-refractivity contribution < 1.29 is 9.84 Å². The fraction of sp³-hybridized carbons (Fsp3) is 0.158. The zero-order valence-electron chi connectivity index (χ0n) is 13.8. The summed E-state index contributed by atoms with van der Waals surface area (Å²) in [4.78, 5) is 17.1. The van der Waals surface area contributed by atoms with Crippen LogP contribution in [0.5, 0.6) is 11.5 Å². The number of aromatic nitrogens is 1. The molecule has 1 aromatic heterocycles. The van der Waals surface area contributed by atoms with Crippen molar-refractivity contribution in [2.75, 3.05) is 7.11 Å². The van der Waals surface area contributed by atoms with Gasteiger partial charge in [-0.05, 0) is 43.3 Å². The van der Waals surface area contributed by atoms with Crippen molar-refractivity contribution in [1.82, 2.24) is 4.57 Å². The van der Waals surface area contributed by atoms with Gasteiger partial charge in [0.1, 0.15) is 17.1 Å². The molecular weight excluding hydrogens is 304 g/mol. The van der Waals surface area contributed by atoms with Gasteiger partial charge < -0.3 is 14.4 Å². The van der Waals surface area contributed by atoms with Gasteiger partial charge in [-0.3, -0.25) is 9.79 Å². The minimum absolute atomic E-state index is 0.0385. The van der Waals surface area contributed by atoms with Gasteiger partial charge in [-0.2, -0.15) is 0 Å². The predicted molar refractivity (Wildman–Crippen MR) is 95.7 cm³/mol. The van der Waals surface area contributed by atoms with Gasteiger partial charge in [0.15, 0.2) is 0 Å². The molecule has 1 heterocycles. The maximum atomic E-state index is 12.6. The summed E-state index contributed by atoms with van der Waals surface area (Å²) in [5.41, 5.74) is 1.76. The second-order valence-electron chi connectivity index (χ2n) is 5.50. The SMILES string of the molecule is COc1ccc(N=C(C)c2c(O)c3ccccc3n(C)c2=O)cc1. The maximum Gasteiger partial charge on any atom is 0.263 e. The summed E-state index contributed by atoms with van der Waals surface area (Å²) < 4.78 is 6.64. The standard InChI is InChI=1S/C19H18N2O3/c1-12(20-13-8-10-14(24-3)11-9-13)17-18(22)15-6-4-5-7-16(15)21(2)19(17)23/h4-11,22H,1-3H3. The third kappa shape index (κ3) is 2.65. The van der Waals surface area contributed by atoms with Crippen molar-refractivity contribution in [2.45, 2.75) is 6.92 Å². The number of rotatable bonds is 3. The van der Waals surface area contributed by atoms with Crippen LogP contribution in [-0.4, -0.2) is 22.5 Å². The highest BCUT2D eigenvalue weighted by Crippen LogP contribution is 2.27. The zero-order valence-corrected chi connectivity index (χ0v) is 13.8. The third-order valence-corrected chi connectivity index (χ3v) is 4.01. The van der Waals surface area contributed by atoms with E-state index in [9.17, 15) is 9.90 Å². The first-order chi connectivity index (χ1) is 11.5. The van der Waals surface area contributed by atoms with E-state index in [0.29, 0.717) is 22.3 Å². The van der Waals surface area contributed by atoms with E-state index in [2.05, 4.69) is 4.99 Å². The number of methoxy groups -OCH3 is 1. The lowest BCUT2D eigenvalue weighted by molar-refractivity contribution is 0.415. The molecule has 122 valence electrons. The predicted octanol–water partition coefficient (Wildman–Crippen LogP) is 3.39. The Morgan fingerprint density at radius 3 is 2.46 bits per heavy atom. The van der Waals surface area contributed by atoms with E-state index in [1.165, 1.54) is 4.57 Å². The molecular formula is C19H18N2O3. The minimum atomic E-state index is -0.277. The average molecular weight is 322 g/mol. The smallest absolute Gasteiger partial charge is 0.263 e. The lowest BCUT2D eigenvalue weighted by Gasteiger charge is -2.11. The Morgan fingerprint density at radius 1 is 1.12 bits per heavy atom. The lowest BCUT2D eigenvalue weighted by Crippen LogP contribution is -2.24. The van der Waals surface area contributed by atoms with Crippen LogP contribution in [0.25, 0.3) is 10.9 Å². The summed E-state index contributed by atoms with van der Waals surface area (Å²) in [6, 6.07) is 14.4. The second-order valence-corrected chi connectivity index (χ2v) is 5.50. The molecule has 1 N–H and O–H groups in total. The maximum absolute atomic E-state index is 12.6. The molecule has 24 heavy (non-hydrogen) atoms. The molecule has 3 aromatic rings. The average Bonchev–Trinajstić information content (AvgIpc) is 2.60. The van der Waals surface area contributed by atoms with Gasteiger partial charge >= 0.3 is 0 Å². The van der Waals surface area contributed by atoms with E-state index in [-0.39, 0.29) is 16.9 Å². The highest BCUT2D eigenvalue weighted by atomic mass is 16.5. The first kappa shape index (κ1) is 15.8. The van der Waals surface area contributed by atoms with Crippen LogP contribution < -0.4 is 10.3 Å². The molecule has 5 nitrogen and oxygen atoms in total. The number of aromatic hydroxyl groups is 1. The third-order valence-electron chi connectivity index (χ3n) is 4.01. The molecule has 0 atom stereocenters. The summed E-state index contributed by atoms with van der Waals surface area (Å²) in [7, 11) is 3.29. The summed E-state index contributed by atoms with van der Waals surface area (Å²) in [5.74, 6) is 0.694. The number of hydrogen-bond donors (Lipinski definition) is 1. The highest BCUT2D eigenvalue weighted by molar-refractivity contribution is 6.06. The molecule has 0 aliphatic heterocycles. The number of nitrogens with zero attached hydrogens (tertiary/aromatic N) is 2. The zero-order chi connectivity index (χ0) is 17.3. The number of benzene rings is 2. The van der Waals surface area contributed by atoms with Crippen molar-refractivity contribution >= 4 is 22.3 Å². The van der Waals surface area contributed by atoms with Crippen molar-refractivity contribution in [3.05, 3.63) is 64.4 Å². The molecule has 2 aromatic carbocycles. The molecule has 0 bridgehead atoms. The van der Waals surface area contributed by atoms with Crippen LogP contribution >= 0.6 is 0 Å². The summed E-state index contributed by atoms with van der Waals surface area (Å²) in [5, 5.41) is 11.2.